The van der Waals surface area contributed by atoms with Gasteiger partial charge in [-0.3, -0.25) is 5.32 Å². The summed E-state index contributed by atoms with van der Waals surface area (Å²) in [6, 6.07) is 10.7. The molecule has 0 radical (unpaired) electrons. The van der Waals surface area contributed by atoms with Crippen LogP contribution in [0.3, 0.4) is 0 Å². The number of ether oxygens (including phenoxy) is 1. The minimum atomic E-state index is 0.0313. The summed E-state index contributed by atoms with van der Waals surface area (Å²) in [6.45, 7) is 1.04. The van der Waals surface area contributed by atoms with Gasteiger partial charge in [-0.25, -0.2) is 0 Å². The number of rotatable bonds is 4. The molecule has 0 aromatic heterocycles. The van der Waals surface area contributed by atoms with E-state index in [-0.39, 0.29) is 5.72 Å². The summed E-state index contributed by atoms with van der Waals surface area (Å²) in [4.78, 5) is 0. The smallest absolute Gasteiger partial charge is 0.120 e. The number of benzene rings is 1. The Balaban J connectivity index is 1.38. The van der Waals surface area contributed by atoms with Crippen molar-refractivity contribution in [2.75, 3.05) is 6.54 Å². The van der Waals surface area contributed by atoms with E-state index >= 15 is 0 Å². The third-order valence-electron chi connectivity index (χ3n) is 5.19. The van der Waals surface area contributed by atoms with Gasteiger partial charge in [-0.15, -0.1) is 0 Å². The highest BCUT2D eigenvalue weighted by atomic mass is 16.5. The number of hydrogen-bond acceptors (Lipinski definition) is 2. The van der Waals surface area contributed by atoms with E-state index in [0.29, 0.717) is 6.10 Å². The van der Waals surface area contributed by atoms with E-state index in [2.05, 4.69) is 35.6 Å². The largest absolute Gasteiger partial charge is 0.357 e. The van der Waals surface area contributed by atoms with Crippen LogP contribution in [0.15, 0.2) is 30.3 Å². The molecule has 4 atom stereocenters. The second kappa shape index (κ2) is 4.60. The van der Waals surface area contributed by atoms with Crippen LogP contribution in [0.4, 0.5) is 0 Å². The maximum atomic E-state index is 6.34. The zero-order valence-corrected chi connectivity index (χ0v) is 11.5. The lowest BCUT2D eigenvalue weighted by atomic mass is 9.65. The average Bonchev–Trinajstić information content (AvgIpc) is 2.38. The van der Waals surface area contributed by atoms with Crippen LogP contribution in [-0.4, -0.2) is 18.4 Å². The molecule has 4 aliphatic rings. The van der Waals surface area contributed by atoms with E-state index in [0.717, 1.165) is 24.8 Å². The monoisotopic (exact) mass is 257 g/mol. The molecule has 2 aliphatic heterocycles. The zero-order valence-electron chi connectivity index (χ0n) is 11.5. The maximum Gasteiger partial charge on any atom is 0.120 e. The van der Waals surface area contributed by atoms with Crippen molar-refractivity contribution in [3.63, 3.8) is 0 Å². The van der Waals surface area contributed by atoms with Crippen molar-refractivity contribution in [2.45, 2.75) is 50.4 Å². The van der Waals surface area contributed by atoms with Crippen LogP contribution in [0.2, 0.25) is 0 Å². The molecule has 1 aromatic carbocycles. The third-order valence-corrected chi connectivity index (χ3v) is 5.19. The molecule has 2 saturated heterocycles. The average molecular weight is 257 g/mol. The van der Waals surface area contributed by atoms with Crippen molar-refractivity contribution in [1.82, 2.24) is 5.32 Å². The van der Waals surface area contributed by atoms with Crippen LogP contribution in [0.5, 0.6) is 0 Å². The van der Waals surface area contributed by atoms with E-state index in [9.17, 15) is 0 Å². The van der Waals surface area contributed by atoms with E-state index in [1.165, 1.54) is 37.7 Å². The van der Waals surface area contributed by atoms with Gasteiger partial charge in [0.15, 0.2) is 0 Å². The Morgan fingerprint density at radius 3 is 2.47 bits per heavy atom. The SMILES string of the molecule is c1ccc(CCNC23C[C@@H]4CC(C[C@@H](C4)C2)O3)cc1. The molecule has 102 valence electrons. The molecular weight excluding hydrogens is 234 g/mol. The highest BCUT2D eigenvalue weighted by Gasteiger charge is 2.51. The predicted molar refractivity (Wildman–Crippen MR) is 75.8 cm³/mol. The minimum absolute atomic E-state index is 0.0313. The van der Waals surface area contributed by atoms with E-state index in [1.54, 1.807) is 0 Å². The number of nitrogens with one attached hydrogen (secondary N) is 1. The Morgan fingerprint density at radius 1 is 1.05 bits per heavy atom. The van der Waals surface area contributed by atoms with Gasteiger partial charge in [0.25, 0.3) is 0 Å². The molecule has 1 aromatic rings. The Bertz CT molecular complexity index is 407. The van der Waals surface area contributed by atoms with Gasteiger partial charge in [0.1, 0.15) is 5.72 Å². The molecule has 4 bridgehead atoms. The molecule has 2 aliphatic carbocycles. The van der Waals surface area contributed by atoms with E-state index < -0.39 is 0 Å². The lowest BCUT2D eigenvalue weighted by Crippen LogP contribution is -2.62. The second-order valence-electron chi connectivity index (χ2n) is 6.74. The second-order valence-corrected chi connectivity index (χ2v) is 6.74. The first-order chi connectivity index (χ1) is 9.31. The van der Waals surface area contributed by atoms with Gasteiger partial charge in [0, 0.05) is 6.54 Å². The van der Waals surface area contributed by atoms with Crippen LogP contribution in [0, 0.1) is 11.8 Å². The molecule has 19 heavy (non-hydrogen) atoms. The minimum Gasteiger partial charge on any atom is -0.357 e. The lowest BCUT2D eigenvalue weighted by molar-refractivity contribution is -0.233. The van der Waals surface area contributed by atoms with Crippen LogP contribution >= 0.6 is 0 Å². The molecule has 2 nitrogen and oxygen atoms in total. The topological polar surface area (TPSA) is 21.3 Å². The first-order valence-corrected chi connectivity index (χ1v) is 7.78. The highest BCUT2D eigenvalue weighted by molar-refractivity contribution is 5.15. The summed E-state index contributed by atoms with van der Waals surface area (Å²) in [7, 11) is 0. The molecule has 2 heterocycles. The number of hydrogen-bond donors (Lipinski definition) is 1. The first-order valence-electron chi connectivity index (χ1n) is 7.78. The summed E-state index contributed by atoms with van der Waals surface area (Å²) in [6.07, 6.45) is 8.24. The molecule has 0 spiro atoms. The highest BCUT2D eigenvalue weighted by Crippen LogP contribution is 2.51. The molecule has 2 saturated carbocycles. The standard InChI is InChI=1S/C17H23NO/c1-2-4-13(5-3-1)6-7-18-17-11-14-8-15(12-17)10-16(9-14)19-17/h1-5,14-16,18H,6-12H2/t14-,15+,16?,17?. The third kappa shape index (κ3) is 2.32. The summed E-state index contributed by atoms with van der Waals surface area (Å²) in [5, 5.41) is 3.75. The van der Waals surface area contributed by atoms with Crippen molar-refractivity contribution < 1.29 is 4.74 Å². The van der Waals surface area contributed by atoms with Gasteiger partial charge in [0.2, 0.25) is 0 Å². The van der Waals surface area contributed by atoms with E-state index in [1.807, 2.05) is 0 Å². The Hall–Kier alpha value is -0.860. The van der Waals surface area contributed by atoms with Crippen LogP contribution in [-0.2, 0) is 11.2 Å². The van der Waals surface area contributed by atoms with Crippen LogP contribution < -0.4 is 5.32 Å². The maximum absolute atomic E-state index is 6.34. The van der Waals surface area contributed by atoms with Gasteiger partial charge < -0.3 is 4.74 Å². The van der Waals surface area contributed by atoms with Gasteiger partial charge in [-0.05, 0) is 55.9 Å². The van der Waals surface area contributed by atoms with Crippen molar-refractivity contribution in [3.8, 4) is 0 Å². The molecule has 2 unspecified atom stereocenters. The van der Waals surface area contributed by atoms with Gasteiger partial charge in [-0.2, -0.15) is 0 Å². The van der Waals surface area contributed by atoms with E-state index in [4.69, 9.17) is 4.74 Å². The molecule has 1 N–H and O–H groups in total. The summed E-state index contributed by atoms with van der Waals surface area (Å²) in [5.74, 6) is 1.85. The van der Waals surface area contributed by atoms with Crippen molar-refractivity contribution in [2.24, 2.45) is 11.8 Å². The molecule has 2 heteroatoms. The molecule has 5 rings (SSSR count). The Kier molecular flexibility index (Phi) is 2.89. The van der Waals surface area contributed by atoms with Gasteiger partial charge >= 0.3 is 0 Å². The van der Waals surface area contributed by atoms with Crippen molar-refractivity contribution in [3.05, 3.63) is 35.9 Å². The fourth-order valence-electron chi connectivity index (χ4n) is 4.63. The zero-order chi connectivity index (χ0) is 12.7. The molecule has 4 fully saturated rings. The normalized spacial score (nSPS) is 39.7. The summed E-state index contributed by atoms with van der Waals surface area (Å²) >= 11 is 0. The molecule has 0 amide bonds. The first kappa shape index (κ1) is 11.9. The van der Waals surface area contributed by atoms with Crippen molar-refractivity contribution >= 4 is 0 Å². The lowest BCUT2D eigenvalue weighted by Gasteiger charge is -2.56. The Labute approximate surface area is 115 Å². The quantitative estimate of drug-likeness (QED) is 0.895. The van der Waals surface area contributed by atoms with Crippen LogP contribution in [0.1, 0.15) is 37.7 Å². The fourth-order valence-corrected chi connectivity index (χ4v) is 4.63. The molecular formula is C17H23NO. The summed E-state index contributed by atoms with van der Waals surface area (Å²) in [5.41, 5.74) is 1.45. The van der Waals surface area contributed by atoms with Gasteiger partial charge in [0.05, 0.1) is 6.10 Å². The fraction of sp³-hybridized carbons (Fsp3) is 0.647. The van der Waals surface area contributed by atoms with Crippen molar-refractivity contribution in [1.29, 1.82) is 0 Å². The van der Waals surface area contributed by atoms with Crippen LogP contribution in [0.25, 0.3) is 0 Å². The summed E-state index contributed by atoms with van der Waals surface area (Å²) < 4.78 is 6.34. The van der Waals surface area contributed by atoms with Gasteiger partial charge in [-0.1, -0.05) is 30.3 Å². The Morgan fingerprint density at radius 2 is 1.79 bits per heavy atom. The predicted octanol–water partition coefficient (Wildman–Crippen LogP) is 3.12.